The molecule has 0 radical (unpaired) electrons. The molecule has 9 nitrogen and oxygen atoms in total. The van der Waals surface area contributed by atoms with Crippen LogP contribution in [0.2, 0.25) is 0 Å². The molecule has 0 N–H and O–H groups in total. The molecule has 10 heteroatoms. The molecule has 2 amide bonds. The Labute approximate surface area is 223 Å². The lowest BCUT2D eigenvalue weighted by atomic mass is 10.0. The van der Waals surface area contributed by atoms with Crippen LogP contribution in [0.1, 0.15) is 31.5 Å². The molecule has 0 aliphatic carbocycles. The number of fused-ring (bicyclic) bond motifs is 1. The number of halogens is 1. The summed E-state index contributed by atoms with van der Waals surface area (Å²) in [5.41, 5.74) is 1.13. The van der Waals surface area contributed by atoms with Crippen molar-refractivity contribution in [1.82, 2.24) is 9.88 Å². The van der Waals surface area contributed by atoms with E-state index in [0.717, 1.165) is 26.9 Å². The summed E-state index contributed by atoms with van der Waals surface area (Å²) < 4.78 is 26.4. The van der Waals surface area contributed by atoms with Crippen LogP contribution in [0.3, 0.4) is 0 Å². The molecule has 3 aromatic rings. The summed E-state index contributed by atoms with van der Waals surface area (Å²) in [7, 11) is 7.95. The van der Waals surface area contributed by atoms with Gasteiger partial charge < -0.3 is 23.7 Å². The minimum absolute atomic E-state index is 0. The van der Waals surface area contributed by atoms with E-state index in [2.05, 4.69) is 4.98 Å². The fourth-order valence-electron chi connectivity index (χ4n) is 3.85. The molecule has 1 atom stereocenters. The molecule has 2 aromatic carbocycles. The van der Waals surface area contributed by atoms with Gasteiger partial charge in [0.2, 0.25) is 0 Å². The summed E-state index contributed by atoms with van der Waals surface area (Å²) >= 11 is 0. The Morgan fingerprint density at radius 2 is 1.49 bits per heavy atom. The van der Waals surface area contributed by atoms with Crippen LogP contribution in [0.25, 0.3) is 10.8 Å². The van der Waals surface area contributed by atoms with Crippen LogP contribution in [0.15, 0.2) is 42.6 Å². The first kappa shape index (κ1) is 29.5. The SMILES string of the molecule is CCC1(C)OC(=O)N(C)C1=O.COc1ccc(Cc2nccc3cc(OC)c(OC)cc23)cc1OC.Cl. The van der Waals surface area contributed by atoms with Gasteiger partial charge in [0, 0.05) is 25.1 Å². The third-order valence-corrected chi connectivity index (χ3v) is 6.19. The fraction of sp³-hybridized carbons (Fsp3) is 0.370. The highest BCUT2D eigenvalue weighted by atomic mass is 35.5. The zero-order chi connectivity index (χ0) is 26.5. The predicted molar refractivity (Wildman–Crippen MR) is 142 cm³/mol. The summed E-state index contributed by atoms with van der Waals surface area (Å²) in [6.07, 6.45) is 2.44. The predicted octanol–water partition coefficient (Wildman–Crippen LogP) is 5.05. The third-order valence-electron chi connectivity index (χ3n) is 6.19. The maximum atomic E-state index is 11.2. The zero-order valence-electron chi connectivity index (χ0n) is 22.1. The van der Waals surface area contributed by atoms with Crippen molar-refractivity contribution in [2.45, 2.75) is 32.3 Å². The monoisotopic (exact) mass is 532 g/mol. The van der Waals surface area contributed by atoms with Crippen molar-refractivity contribution < 1.29 is 33.3 Å². The van der Waals surface area contributed by atoms with E-state index in [1.165, 1.54) is 7.05 Å². The minimum Gasteiger partial charge on any atom is -0.493 e. The Hall–Kier alpha value is -3.72. The number of carbonyl (C=O) groups is 2. The van der Waals surface area contributed by atoms with Gasteiger partial charge in [0.15, 0.2) is 28.6 Å². The lowest BCUT2D eigenvalue weighted by molar-refractivity contribution is -0.135. The van der Waals surface area contributed by atoms with Crippen LogP contribution >= 0.6 is 12.4 Å². The van der Waals surface area contributed by atoms with Crippen LogP contribution in [0.5, 0.6) is 23.0 Å². The van der Waals surface area contributed by atoms with Gasteiger partial charge in [-0.1, -0.05) is 13.0 Å². The van der Waals surface area contributed by atoms with Gasteiger partial charge in [0.25, 0.3) is 5.91 Å². The topological polar surface area (TPSA) is 96.4 Å². The van der Waals surface area contributed by atoms with Crippen LogP contribution in [0, 0.1) is 0 Å². The summed E-state index contributed by atoms with van der Waals surface area (Å²) in [4.78, 5) is 27.7. The molecule has 0 spiro atoms. The maximum Gasteiger partial charge on any atom is 0.417 e. The van der Waals surface area contributed by atoms with Gasteiger partial charge in [-0.2, -0.15) is 0 Å². The average molecular weight is 533 g/mol. The smallest absolute Gasteiger partial charge is 0.417 e. The lowest BCUT2D eigenvalue weighted by Crippen LogP contribution is -2.35. The number of benzene rings is 2. The Morgan fingerprint density at radius 3 is 2.00 bits per heavy atom. The van der Waals surface area contributed by atoms with E-state index in [0.29, 0.717) is 35.8 Å². The molecule has 0 saturated carbocycles. The van der Waals surface area contributed by atoms with E-state index in [1.54, 1.807) is 35.4 Å². The molecule has 200 valence electrons. The van der Waals surface area contributed by atoms with Gasteiger partial charge in [-0.3, -0.25) is 9.78 Å². The quantitative estimate of drug-likeness (QED) is 0.417. The number of rotatable bonds is 7. The minimum atomic E-state index is -0.925. The third kappa shape index (κ3) is 6.17. The summed E-state index contributed by atoms with van der Waals surface area (Å²) in [6, 6.07) is 11.8. The Kier molecular flexibility index (Phi) is 9.96. The number of cyclic esters (lactones) is 1. The largest absolute Gasteiger partial charge is 0.493 e. The van der Waals surface area contributed by atoms with E-state index in [-0.39, 0.29) is 18.3 Å². The molecular weight excluding hydrogens is 500 g/mol. The number of nitrogens with zero attached hydrogens (tertiary/aromatic N) is 2. The number of likely N-dealkylation sites (N-methyl/N-ethyl adjacent to an activating group) is 1. The van der Waals surface area contributed by atoms with Crippen molar-refractivity contribution in [3.05, 3.63) is 53.9 Å². The molecule has 4 rings (SSSR count). The first-order valence-corrected chi connectivity index (χ1v) is 11.4. The van der Waals surface area contributed by atoms with E-state index in [9.17, 15) is 9.59 Å². The second-order valence-electron chi connectivity index (χ2n) is 8.37. The van der Waals surface area contributed by atoms with E-state index >= 15 is 0 Å². The molecule has 2 heterocycles. The molecule has 1 fully saturated rings. The average Bonchev–Trinajstić information content (AvgIpc) is 3.10. The van der Waals surface area contributed by atoms with Crippen molar-refractivity contribution in [3.63, 3.8) is 0 Å². The molecule has 1 unspecified atom stereocenters. The molecule has 1 aliphatic rings. The molecule has 0 bridgehead atoms. The second-order valence-corrected chi connectivity index (χ2v) is 8.37. The molecule has 1 aliphatic heterocycles. The number of hydrogen-bond donors (Lipinski definition) is 0. The number of pyridine rings is 1. The van der Waals surface area contributed by atoms with Gasteiger partial charge >= 0.3 is 6.09 Å². The summed E-state index contributed by atoms with van der Waals surface area (Å²) in [5.74, 6) is 2.56. The highest BCUT2D eigenvalue weighted by Crippen LogP contribution is 2.34. The standard InChI is InChI=1S/C20H21NO4.C7H11NO3.ClH/c1-22-17-6-5-13(10-18(17)23-2)9-16-15-12-20(25-4)19(24-3)11-14(15)7-8-21-16;1-4-7(2)5(9)8(3)6(10)11-7;/h5-8,10-12H,9H2,1-4H3;4H2,1-3H3;1H. The van der Waals surface area contributed by atoms with E-state index in [1.807, 2.05) is 49.5 Å². The van der Waals surface area contributed by atoms with Gasteiger partial charge in [-0.25, -0.2) is 9.69 Å². The fourth-order valence-corrected chi connectivity index (χ4v) is 3.85. The first-order chi connectivity index (χ1) is 17.2. The van der Waals surface area contributed by atoms with Crippen LogP contribution in [-0.4, -0.2) is 63.0 Å². The first-order valence-electron chi connectivity index (χ1n) is 11.4. The van der Waals surface area contributed by atoms with Crippen molar-refractivity contribution in [3.8, 4) is 23.0 Å². The highest BCUT2D eigenvalue weighted by molar-refractivity contribution is 6.02. The normalized spacial score (nSPS) is 16.4. The van der Waals surface area contributed by atoms with Gasteiger partial charge in [0.1, 0.15) is 0 Å². The number of carbonyl (C=O) groups excluding carboxylic acids is 2. The van der Waals surface area contributed by atoms with Gasteiger partial charge in [0.05, 0.1) is 34.1 Å². The van der Waals surface area contributed by atoms with E-state index in [4.69, 9.17) is 23.7 Å². The number of amides is 2. The second kappa shape index (κ2) is 12.5. The Bertz CT molecular complexity index is 1270. The highest BCUT2D eigenvalue weighted by Gasteiger charge is 2.47. The van der Waals surface area contributed by atoms with Crippen molar-refractivity contribution in [2.24, 2.45) is 0 Å². The number of aromatic nitrogens is 1. The Balaban J connectivity index is 0.000000339. The van der Waals surface area contributed by atoms with Crippen LogP contribution in [0.4, 0.5) is 4.79 Å². The number of hydrogen-bond acceptors (Lipinski definition) is 8. The lowest BCUT2D eigenvalue weighted by Gasteiger charge is -2.15. The maximum absolute atomic E-state index is 11.2. The Morgan fingerprint density at radius 1 is 0.892 bits per heavy atom. The molecule has 1 saturated heterocycles. The van der Waals surface area contributed by atoms with Gasteiger partial charge in [-0.05, 0) is 54.6 Å². The number of imide groups is 1. The molecule has 37 heavy (non-hydrogen) atoms. The number of ether oxygens (including phenoxy) is 5. The van der Waals surface area contributed by atoms with E-state index < -0.39 is 11.7 Å². The molecular formula is C27H33ClN2O7. The van der Waals surface area contributed by atoms with Crippen LogP contribution < -0.4 is 18.9 Å². The number of methoxy groups -OCH3 is 4. The van der Waals surface area contributed by atoms with Crippen molar-refractivity contribution in [1.29, 1.82) is 0 Å². The van der Waals surface area contributed by atoms with Crippen molar-refractivity contribution >= 4 is 35.2 Å². The summed E-state index contributed by atoms with van der Waals surface area (Å²) in [6.45, 7) is 3.43. The van der Waals surface area contributed by atoms with Crippen molar-refractivity contribution in [2.75, 3.05) is 35.5 Å². The molecule has 1 aromatic heterocycles. The van der Waals surface area contributed by atoms with Crippen LogP contribution in [-0.2, 0) is 16.0 Å². The summed E-state index contributed by atoms with van der Waals surface area (Å²) in [5, 5.41) is 2.10. The van der Waals surface area contributed by atoms with Gasteiger partial charge in [-0.15, -0.1) is 12.4 Å². The zero-order valence-corrected chi connectivity index (χ0v) is 22.9.